The summed E-state index contributed by atoms with van der Waals surface area (Å²) >= 11 is 0. The first-order valence-corrected chi connectivity index (χ1v) is 5.34. The summed E-state index contributed by atoms with van der Waals surface area (Å²) in [6.45, 7) is 7.62. The molecule has 0 saturated heterocycles. The molecule has 0 aromatic heterocycles. The predicted octanol–water partition coefficient (Wildman–Crippen LogP) is -0.243. The van der Waals surface area contributed by atoms with Crippen molar-refractivity contribution in [1.29, 1.82) is 0 Å². The van der Waals surface area contributed by atoms with E-state index in [0.717, 1.165) is 25.9 Å². The van der Waals surface area contributed by atoms with E-state index in [1.165, 1.54) is 0 Å². The number of nitrogens with two attached hydrogens (primary N) is 2. The summed E-state index contributed by atoms with van der Waals surface area (Å²) in [5.74, 6) is 0. The molecule has 86 valence electrons. The molecule has 0 aliphatic heterocycles. The van der Waals surface area contributed by atoms with Gasteiger partial charge in [-0.05, 0) is 52.9 Å². The quantitative estimate of drug-likeness (QED) is 0.509. The Bertz CT molecular complexity index is 126. The zero-order valence-corrected chi connectivity index (χ0v) is 9.50. The smallest absolute Gasteiger partial charge is 0.0718 e. The van der Waals surface area contributed by atoms with Crippen LogP contribution in [-0.2, 0) is 0 Å². The van der Waals surface area contributed by atoms with Crippen molar-refractivity contribution in [2.75, 3.05) is 32.7 Å². The van der Waals surface area contributed by atoms with Gasteiger partial charge < -0.3 is 21.5 Å². The van der Waals surface area contributed by atoms with E-state index in [2.05, 4.69) is 4.90 Å². The molecule has 4 heteroatoms. The fraction of sp³-hybridized carbons (Fsp3) is 1.00. The lowest BCUT2D eigenvalue weighted by Crippen LogP contribution is -2.40. The van der Waals surface area contributed by atoms with Crippen molar-refractivity contribution in [3.8, 4) is 0 Å². The molecule has 0 aliphatic rings. The Morgan fingerprint density at radius 1 is 1.07 bits per heavy atom. The van der Waals surface area contributed by atoms with Crippen LogP contribution in [0.5, 0.6) is 0 Å². The third-order valence-corrected chi connectivity index (χ3v) is 1.97. The first-order valence-electron chi connectivity index (χ1n) is 5.34. The number of aliphatic hydroxyl groups is 1. The maximum atomic E-state index is 9.68. The molecule has 0 heterocycles. The molecule has 0 fully saturated rings. The molecule has 0 bridgehead atoms. The van der Waals surface area contributed by atoms with Crippen molar-refractivity contribution in [2.24, 2.45) is 11.5 Å². The first kappa shape index (κ1) is 13.8. The molecule has 0 aromatic carbocycles. The molecule has 0 aliphatic carbocycles. The maximum Gasteiger partial charge on any atom is 0.0718 e. The van der Waals surface area contributed by atoms with Gasteiger partial charge in [0.1, 0.15) is 0 Å². The van der Waals surface area contributed by atoms with Gasteiger partial charge in [0, 0.05) is 6.54 Å². The van der Waals surface area contributed by atoms with E-state index in [-0.39, 0.29) is 0 Å². The van der Waals surface area contributed by atoms with Gasteiger partial charge in [-0.2, -0.15) is 0 Å². The fourth-order valence-corrected chi connectivity index (χ4v) is 1.45. The third-order valence-electron chi connectivity index (χ3n) is 1.97. The lowest BCUT2D eigenvalue weighted by Gasteiger charge is -2.28. The van der Waals surface area contributed by atoms with E-state index < -0.39 is 5.60 Å². The highest BCUT2D eigenvalue weighted by Gasteiger charge is 2.17. The van der Waals surface area contributed by atoms with E-state index >= 15 is 0 Å². The summed E-state index contributed by atoms with van der Waals surface area (Å²) in [4.78, 5) is 2.22. The van der Waals surface area contributed by atoms with Crippen LogP contribution in [0.2, 0.25) is 0 Å². The van der Waals surface area contributed by atoms with Crippen LogP contribution >= 0.6 is 0 Å². The van der Waals surface area contributed by atoms with Crippen LogP contribution in [0.15, 0.2) is 0 Å². The molecule has 5 N–H and O–H groups in total. The zero-order chi connectivity index (χ0) is 11.0. The maximum absolute atomic E-state index is 9.68. The largest absolute Gasteiger partial charge is 0.389 e. The van der Waals surface area contributed by atoms with E-state index in [1.54, 1.807) is 0 Å². The summed E-state index contributed by atoms with van der Waals surface area (Å²) in [6, 6.07) is 0. The van der Waals surface area contributed by atoms with Crippen LogP contribution in [0.25, 0.3) is 0 Å². The van der Waals surface area contributed by atoms with E-state index in [1.807, 2.05) is 13.8 Å². The van der Waals surface area contributed by atoms with Crippen LogP contribution in [-0.4, -0.2) is 48.3 Å². The Kier molecular flexibility index (Phi) is 7.09. The van der Waals surface area contributed by atoms with Crippen molar-refractivity contribution < 1.29 is 5.11 Å². The monoisotopic (exact) mass is 203 g/mol. The van der Waals surface area contributed by atoms with E-state index in [0.29, 0.717) is 19.6 Å². The molecule has 0 amide bonds. The van der Waals surface area contributed by atoms with Gasteiger partial charge in [0.25, 0.3) is 0 Å². The molecule has 0 saturated carbocycles. The SMILES string of the molecule is CC(C)(O)CN(CCCN)CCCN. The summed E-state index contributed by atoms with van der Waals surface area (Å²) in [6.07, 6.45) is 1.95. The van der Waals surface area contributed by atoms with Crippen molar-refractivity contribution in [2.45, 2.75) is 32.3 Å². The van der Waals surface area contributed by atoms with Crippen LogP contribution in [0, 0.1) is 0 Å². The Morgan fingerprint density at radius 2 is 1.50 bits per heavy atom. The first-order chi connectivity index (χ1) is 6.49. The standard InChI is InChI=1S/C10H25N3O/c1-10(2,14)9-13(7-3-5-11)8-4-6-12/h14H,3-9,11-12H2,1-2H3. The number of hydrogen-bond acceptors (Lipinski definition) is 4. The van der Waals surface area contributed by atoms with Crippen LogP contribution < -0.4 is 11.5 Å². The average molecular weight is 203 g/mol. The Labute approximate surface area is 87.3 Å². The number of hydrogen-bond donors (Lipinski definition) is 3. The molecular weight excluding hydrogens is 178 g/mol. The second-order valence-corrected chi connectivity index (χ2v) is 4.37. The molecule has 0 radical (unpaired) electrons. The number of rotatable bonds is 8. The van der Waals surface area contributed by atoms with Gasteiger partial charge in [-0.25, -0.2) is 0 Å². The van der Waals surface area contributed by atoms with Gasteiger partial charge in [-0.1, -0.05) is 0 Å². The minimum absolute atomic E-state index is 0.636. The zero-order valence-electron chi connectivity index (χ0n) is 9.50. The summed E-state index contributed by atoms with van der Waals surface area (Å²) in [5, 5.41) is 9.68. The lowest BCUT2D eigenvalue weighted by atomic mass is 10.1. The molecule has 14 heavy (non-hydrogen) atoms. The highest BCUT2D eigenvalue weighted by molar-refractivity contribution is 4.72. The predicted molar refractivity (Wildman–Crippen MR) is 60.1 cm³/mol. The van der Waals surface area contributed by atoms with E-state index in [4.69, 9.17) is 11.5 Å². The normalized spacial score (nSPS) is 12.4. The van der Waals surface area contributed by atoms with E-state index in [9.17, 15) is 5.11 Å². The van der Waals surface area contributed by atoms with Crippen molar-refractivity contribution in [1.82, 2.24) is 4.90 Å². The molecule has 0 rings (SSSR count). The minimum atomic E-state index is -0.636. The molecule has 0 unspecified atom stereocenters. The summed E-state index contributed by atoms with van der Waals surface area (Å²) < 4.78 is 0. The minimum Gasteiger partial charge on any atom is -0.389 e. The van der Waals surface area contributed by atoms with Gasteiger partial charge in [0.15, 0.2) is 0 Å². The van der Waals surface area contributed by atoms with Crippen molar-refractivity contribution >= 4 is 0 Å². The molecule has 0 spiro atoms. The second kappa shape index (κ2) is 7.17. The highest BCUT2D eigenvalue weighted by Crippen LogP contribution is 2.05. The molecule has 4 nitrogen and oxygen atoms in total. The summed E-state index contributed by atoms with van der Waals surface area (Å²) in [7, 11) is 0. The van der Waals surface area contributed by atoms with Crippen LogP contribution in [0.4, 0.5) is 0 Å². The van der Waals surface area contributed by atoms with Crippen LogP contribution in [0.3, 0.4) is 0 Å². The summed E-state index contributed by atoms with van der Waals surface area (Å²) in [5.41, 5.74) is 10.3. The molecule has 0 atom stereocenters. The fourth-order valence-electron chi connectivity index (χ4n) is 1.45. The second-order valence-electron chi connectivity index (χ2n) is 4.37. The topological polar surface area (TPSA) is 75.5 Å². The van der Waals surface area contributed by atoms with Gasteiger partial charge >= 0.3 is 0 Å². The highest BCUT2D eigenvalue weighted by atomic mass is 16.3. The third kappa shape index (κ3) is 8.44. The number of nitrogens with zero attached hydrogens (tertiary/aromatic N) is 1. The Morgan fingerprint density at radius 3 is 1.79 bits per heavy atom. The Balaban J connectivity index is 3.84. The van der Waals surface area contributed by atoms with Gasteiger partial charge in [0.2, 0.25) is 0 Å². The Hall–Kier alpha value is -0.160. The van der Waals surface area contributed by atoms with Gasteiger partial charge in [-0.15, -0.1) is 0 Å². The van der Waals surface area contributed by atoms with Crippen molar-refractivity contribution in [3.05, 3.63) is 0 Å². The van der Waals surface area contributed by atoms with Gasteiger partial charge in [-0.3, -0.25) is 0 Å². The van der Waals surface area contributed by atoms with Crippen LogP contribution in [0.1, 0.15) is 26.7 Å². The molecule has 0 aromatic rings. The molecular formula is C10H25N3O. The lowest BCUT2D eigenvalue weighted by molar-refractivity contribution is 0.0358. The average Bonchev–Trinajstić information content (AvgIpc) is 2.07. The van der Waals surface area contributed by atoms with Gasteiger partial charge in [0.05, 0.1) is 5.60 Å². The van der Waals surface area contributed by atoms with Crippen molar-refractivity contribution in [3.63, 3.8) is 0 Å².